The van der Waals surface area contributed by atoms with Crippen LogP contribution in [0.25, 0.3) is 0 Å². The molecule has 20 heavy (non-hydrogen) atoms. The van der Waals surface area contributed by atoms with Crippen LogP contribution in [0.5, 0.6) is 0 Å². The zero-order valence-electron chi connectivity index (χ0n) is 11.3. The Kier molecular flexibility index (Phi) is 5.96. The van der Waals surface area contributed by atoms with Gasteiger partial charge in [-0.2, -0.15) is 0 Å². The maximum absolute atomic E-state index is 11.9. The van der Waals surface area contributed by atoms with E-state index >= 15 is 0 Å². The topological polar surface area (TPSA) is 89.9 Å². The van der Waals surface area contributed by atoms with E-state index in [2.05, 4.69) is 11.3 Å². The highest BCUT2D eigenvalue weighted by molar-refractivity contribution is 5.82. The number of ether oxygens (including phenoxy) is 2. The first kappa shape index (κ1) is 15.9. The van der Waals surface area contributed by atoms with Gasteiger partial charge in [-0.3, -0.25) is 9.59 Å². The van der Waals surface area contributed by atoms with Gasteiger partial charge in [0.15, 0.2) is 0 Å². The first-order valence-corrected chi connectivity index (χ1v) is 6.30. The van der Waals surface area contributed by atoms with Crippen molar-refractivity contribution in [1.82, 2.24) is 0 Å². The number of hydrogen-bond donors (Lipinski definition) is 1. The van der Waals surface area contributed by atoms with E-state index in [0.29, 0.717) is 12.8 Å². The summed E-state index contributed by atoms with van der Waals surface area (Å²) in [6, 6.07) is 0. The van der Waals surface area contributed by atoms with Crippen LogP contribution >= 0.6 is 0 Å². The Morgan fingerprint density at radius 3 is 2.60 bits per heavy atom. The van der Waals surface area contributed by atoms with Crippen LogP contribution in [0.1, 0.15) is 19.8 Å². The quantitative estimate of drug-likeness (QED) is 0.342. The van der Waals surface area contributed by atoms with Crippen molar-refractivity contribution in [2.45, 2.75) is 19.8 Å². The summed E-state index contributed by atoms with van der Waals surface area (Å²) in [4.78, 5) is 33.8. The van der Waals surface area contributed by atoms with E-state index in [1.807, 2.05) is 13.0 Å². The average molecular weight is 282 g/mol. The number of carbonyl (C=O) groups is 3. The first-order valence-electron chi connectivity index (χ1n) is 6.30. The van der Waals surface area contributed by atoms with Gasteiger partial charge in [0.2, 0.25) is 0 Å². The summed E-state index contributed by atoms with van der Waals surface area (Å²) in [5.74, 6) is -3.62. The molecule has 1 aliphatic rings. The van der Waals surface area contributed by atoms with Crippen molar-refractivity contribution < 1.29 is 29.0 Å². The van der Waals surface area contributed by atoms with Crippen LogP contribution in [0, 0.1) is 11.8 Å². The number of esters is 2. The van der Waals surface area contributed by atoms with Gasteiger partial charge in [-0.15, -0.1) is 0 Å². The lowest BCUT2D eigenvalue weighted by Gasteiger charge is -2.25. The van der Waals surface area contributed by atoms with Gasteiger partial charge in [0.25, 0.3) is 0 Å². The van der Waals surface area contributed by atoms with Crippen molar-refractivity contribution in [3.05, 3.63) is 24.3 Å². The standard InChI is InChI=1S/C14H18O6/c1-3-12(15)19-6-7-20-14(18)11-8-9(2)4-5-10(11)13(16)17/h3-4,10-11H,1,5-8H2,2H3,(H,16,17). The largest absolute Gasteiger partial charge is 0.481 e. The minimum atomic E-state index is -1.01. The van der Waals surface area contributed by atoms with Crippen molar-refractivity contribution in [3.63, 3.8) is 0 Å². The van der Waals surface area contributed by atoms with Crippen LogP contribution < -0.4 is 0 Å². The summed E-state index contributed by atoms with van der Waals surface area (Å²) < 4.78 is 9.63. The van der Waals surface area contributed by atoms with Crippen molar-refractivity contribution in [2.75, 3.05) is 13.2 Å². The molecule has 0 saturated heterocycles. The summed E-state index contributed by atoms with van der Waals surface area (Å²) in [6.45, 7) is 4.92. The van der Waals surface area contributed by atoms with E-state index in [9.17, 15) is 14.4 Å². The zero-order valence-corrected chi connectivity index (χ0v) is 11.3. The van der Waals surface area contributed by atoms with E-state index in [0.717, 1.165) is 11.6 Å². The molecule has 0 fully saturated rings. The van der Waals surface area contributed by atoms with Crippen LogP contribution in [-0.4, -0.2) is 36.2 Å². The van der Waals surface area contributed by atoms with Gasteiger partial charge >= 0.3 is 17.9 Å². The number of carboxylic acid groups (broad SMARTS) is 1. The van der Waals surface area contributed by atoms with Crippen LogP contribution in [-0.2, 0) is 23.9 Å². The van der Waals surface area contributed by atoms with Gasteiger partial charge in [-0.05, 0) is 19.8 Å². The minimum Gasteiger partial charge on any atom is -0.481 e. The predicted octanol–water partition coefficient (Wildman–Crippen LogP) is 1.32. The van der Waals surface area contributed by atoms with Gasteiger partial charge in [0.1, 0.15) is 13.2 Å². The second kappa shape index (κ2) is 7.47. The smallest absolute Gasteiger partial charge is 0.330 e. The molecule has 0 aromatic carbocycles. The lowest BCUT2D eigenvalue weighted by Crippen LogP contribution is -2.33. The van der Waals surface area contributed by atoms with Crippen LogP contribution in [0.15, 0.2) is 24.3 Å². The highest BCUT2D eigenvalue weighted by Gasteiger charge is 2.36. The first-order chi connectivity index (χ1) is 9.45. The fourth-order valence-corrected chi connectivity index (χ4v) is 2.04. The van der Waals surface area contributed by atoms with Crippen molar-refractivity contribution in [1.29, 1.82) is 0 Å². The fourth-order valence-electron chi connectivity index (χ4n) is 2.04. The molecule has 110 valence electrons. The molecule has 1 N–H and O–H groups in total. The molecule has 0 saturated carbocycles. The van der Waals surface area contributed by atoms with Crippen LogP contribution in [0.2, 0.25) is 0 Å². The zero-order chi connectivity index (χ0) is 15.1. The number of hydrogen-bond acceptors (Lipinski definition) is 5. The van der Waals surface area contributed by atoms with Crippen molar-refractivity contribution in [2.24, 2.45) is 11.8 Å². The minimum absolute atomic E-state index is 0.0735. The molecule has 1 rings (SSSR count). The highest BCUT2D eigenvalue weighted by atomic mass is 16.6. The van der Waals surface area contributed by atoms with Gasteiger partial charge in [-0.1, -0.05) is 18.2 Å². The number of carboxylic acids is 1. The van der Waals surface area contributed by atoms with E-state index in [-0.39, 0.29) is 13.2 Å². The molecule has 2 atom stereocenters. The lowest BCUT2D eigenvalue weighted by molar-refractivity contribution is -0.160. The van der Waals surface area contributed by atoms with Crippen LogP contribution in [0.3, 0.4) is 0 Å². The van der Waals surface area contributed by atoms with E-state index < -0.39 is 29.7 Å². The molecule has 0 aliphatic heterocycles. The number of aliphatic carboxylic acids is 1. The SMILES string of the molecule is C=CC(=O)OCCOC(=O)C1CC(C)=CCC1C(=O)O. The monoisotopic (exact) mass is 282 g/mol. The van der Waals surface area contributed by atoms with E-state index in [1.165, 1.54) is 0 Å². The van der Waals surface area contributed by atoms with E-state index in [1.54, 1.807) is 0 Å². The van der Waals surface area contributed by atoms with Crippen LogP contribution in [0.4, 0.5) is 0 Å². The number of carbonyl (C=O) groups excluding carboxylic acids is 2. The molecule has 0 spiro atoms. The Balaban J connectivity index is 2.48. The second-order valence-electron chi connectivity index (χ2n) is 4.58. The molecular formula is C14H18O6. The molecule has 0 aromatic heterocycles. The van der Waals surface area contributed by atoms with Crippen molar-refractivity contribution >= 4 is 17.9 Å². The molecule has 0 radical (unpaired) electrons. The molecule has 2 unspecified atom stereocenters. The number of allylic oxidation sites excluding steroid dienone is 2. The molecule has 0 amide bonds. The molecular weight excluding hydrogens is 264 g/mol. The number of rotatable bonds is 6. The summed E-state index contributed by atoms with van der Waals surface area (Å²) >= 11 is 0. The summed E-state index contributed by atoms with van der Waals surface area (Å²) in [5.41, 5.74) is 0.975. The third-order valence-electron chi connectivity index (χ3n) is 3.11. The summed E-state index contributed by atoms with van der Waals surface area (Å²) in [6.07, 6.45) is 3.54. The average Bonchev–Trinajstić information content (AvgIpc) is 2.42. The second-order valence-corrected chi connectivity index (χ2v) is 4.58. The molecule has 0 aromatic rings. The predicted molar refractivity (Wildman–Crippen MR) is 69.7 cm³/mol. The van der Waals surface area contributed by atoms with Gasteiger partial charge < -0.3 is 14.6 Å². The fraction of sp³-hybridized carbons (Fsp3) is 0.500. The van der Waals surface area contributed by atoms with Gasteiger partial charge in [0, 0.05) is 6.08 Å². The normalized spacial score (nSPS) is 21.6. The maximum atomic E-state index is 11.9. The molecule has 6 heteroatoms. The highest BCUT2D eigenvalue weighted by Crippen LogP contribution is 2.30. The third kappa shape index (κ3) is 4.53. The lowest BCUT2D eigenvalue weighted by atomic mass is 9.80. The van der Waals surface area contributed by atoms with Gasteiger partial charge in [0.05, 0.1) is 11.8 Å². The van der Waals surface area contributed by atoms with E-state index in [4.69, 9.17) is 9.84 Å². The Bertz CT molecular complexity index is 437. The van der Waals surface area contributed by atoms with Crippen molar-refractivity contribution in [3.8, 4) is 0 Å². The molecule has 6 nitrogen and oxygen atoms in total. The Labute approximate surface area is 117 Å². The third-order valence-corrected chi connectivity index (χ3v) is 3.11. The molecule has 0 heterocycles. The van der Waals surface area contributed by atoms with Gasteiger partial charge in [-0.25, -0.2) is 4.79 Å². The Hall–Kier alpha value is -2.11. The summed E-state index contributed by atoms with van der Waals surface area (Å²) in [7, 11) is 0. The Morgan fingerprint density at radius 2 is 2.00 bits per heavy atom. The summed E-state index contributed by atoms with van der Waals surface area (Å²) in [5, 5.41) is 9.10. The maximum Gasteiger partial charge on any atom is 0.330 e. The molecule has 0 bridgehead atoms. The Morgan fingerprint density at radius 1 is 1.35 bits per heavy atom. The molecule has 1 aliphatic carbocycles.